The zero-order valence-electron chi connectivity index (χ0n) is 23.3. The van der Waals surface area contributed by atoms with Crippen molar-refractivity contribution in [2.45, 2.75) is 19.9 Å². The minimum atomic E-state index is -0.727. The highest BCUT2D eigenvalue weighted by Gasteiger charge is 2.31. The molecular weight excluding hydrogens is 564 g/mol. The highest BCUT2D eigenvalue weighted by atomic mass is 35.5. The molecule has 0 radical (unpaired) electrons. The van der Waals surface area contributed by atoms with Crippen LogP contribution in [0.25, 0.3) is 0 Å². The quantitative estimate of drug-likeness (QED) is 0.280. The summed E-state index contributed by atoms with van der Waals surface area (Å²) in [6.07, 6.45) is 0. The summed E-state index contributed by atoms with van der Waals surface area (Å²) in [6.45, 7) is 3.64. The Balaban J connectivity index is 1.65. The lowest BCUT2D eigenvalue weighted by atomic mass is 9.95. The van der Waals surface area contributed by atoms with E-state index in [9.17, 15) is 9.59 Å². The number of thioether (sulfide) groups is 1. The molecular formula is C30H31ClN4O5S. The second-order valence-corrected chi connectivity index (χ2v) is 10.4. The number of carbonyl (C=O) groups excluding carboxylic acids is 2. The van der Waals surface area contributed by atoms with Crippen LogP contribution in [-0.4, -0.2) is 44.1 Å². The van der Waals surface area contributed by atoms with E-state index in [4.69, 9.17) is 30.8 Å². The Morgan fingerprint density at radius 1 is 0.951 bits per heavy atom. The number of benzene rings is 3. The van der Waals surface area contributed by atoms with Gasteiger partial charge in [0.2, 0.25) is 11.7 Å². The van der Waals surface area contributed by atoms with E-state index < -0.39 is 6.04 Å². The Morgan fingerprint density at radius 3 is 2.27 bits per heavy atom. The standard InChI is InChI=1S/C30H31ClN4O5S/c1-17-21(31)12-9-13-22(17)34-25(36)16-41-30-32-18(2)26(29(37)33-20-10-7-6-8-11-20)27(35-30)19-14-23(38-3)28(40-5)24(15-19)39-4/h6-15,27H,16H2,1-5H3,(H,32,35)(H,33,37)(H,34,36)/t27-/m0/s1. The summed E-state index contributed by atoms with van der Waals surface area (Å²) in [5, 5.41) is 10.1. The topological polar surface area (TPSA) is 110 Å². The van der Waals surface area contributed by atoms with Crippen LogP contribution in [0.15, 0.2) is 76.9 Å². The Morgan fingerprint density at radius 2 is 1.63 bits per heavy atom. The molecule has 0 aromatic heterocycles. The van der Waals surface area contributed by atoms with Gasteiger partial charge in [-0.15, -0.1) is 0 Å². The number of halogens is 1. The number of nitrogens with zero attached hydrogens (tertiary/aromatic N) is 1. The number of methoxy groups -OCH3 is 3. The third-order valence-electron chi connectivity index (χ3n) is 6.38. The largest absolute Gasteiger partial charge is 0.493 e. The van der Waals surface area contributed by atoms with Gasteiger partial charge >= 0.3 is 0 Å². The number of allylic oxidation sites excluding steroid dienone is 1. The predicted octanol–water partition coefficient (Wildman–Crippen LogP) is 5.96. The molecule has 0 unspecified atom stereocenters. The van der Waals surface area contributed by atoms with Gasteiger partial charge in [-0.25, -0.2) is 4.99 Å². The monoisotopic (exact) mass is 594 g/mol. The second kappa shape index (κ2) is 13.5. The van der Waals surface area contributed by atoms with Crippen LogP contribution in [0.3, 0.4) is 0 Å². The third-order valence-corrected chi connectivity index (χ3v) is 7.68. The molecule has 0 saturated heterocycles. The lowest BCUT2D eigenvalue weighted by Crippen LogP contribution is -2.32. The summed E-state index contributed by atoms with van der Waals surface area (Å²) in [5.41, 5.74) is 3.74. The molecule has 9 nitrogen and oxygen atoms in total. The van der Waals surface area contributed by atoms with E-state index in [1.807, 2.05) is 37.3 Å². The number of hydrogen-bond acceptors (Lipinski definition) is 8. The van der Waals surface area contributed by atoms with Gasteiger partial charge in [-0.2, -0.15) is 0 Å². The first-order valence-corrected chi connectivity index (χ1v) is 14.0. The van der Waals surface area contributed by atoms with Crippen LogP contribution in [0.4, 0.5) is 11.4 Å². The molecule has 2 amide bonds. The molecule has 0 fully saturated rings. The van der Waals surface area contributed by atoms with E-state index in [0.29, 0.717) is 55.6 Å². The molecule has 41 heavy (non-hydrogen) atoms. The van der Waals surface area contributed by atoms with E-state index in [-0.39, 0.29) is 17.6 Å². The molecule has 0 spiro atoms. The molecule has 3 aromatic rings. The summed E-state index contributed by atoms with van der Waals surface area (Å²) < 4.78 is 16.6. The van der Waals surface area contributed by atoms with Crippen LogP contribution in [0, 0.1) is 6.92 Å². The highest BCUT2D eigenvalue weighted by Crippen LogP contribution is 2.43. The molecule has 0 aliphatic carbocycles. The van der Waals surface area contributed by atoms with Crippen molar-refractivity contribution in [1.29, 1.82) is 0 Å². The van der Waals surface area contributed by atoms with Crippen LogP contribution < -0.4 is 30.2 Å². The van der Waals surface area contributed by atoms with Crippen molar-refractivity contribution in [3.05, 3.63) is 88.1 Å². The Hall–Kier alpha value is -4.15. The van der Waals surface area contributed by atoms with Gasteiger partial charge < -0.3 is 30.2 Å². The maximum Gasteiger partial charge on any atom is 0.255 e. The van der Waals surface area contributed by atoms with Crippen LogP contribution in [-0.2, 0) is 9.59 Å². The predicted molar refractivity (Wildman–Crippen MR) is 164 cm³/mol. The number of anilines is 2. The van der Waals surface area contributed by atoms with Gasteiger partial charge in [0.15, 0.2) is 16.7 Å². The highest BCUT2D eigenvalue weighted by molar-refractivity contribution is 8.14. The van der Waals surface area contributed by atoms with Gasteiger partial charge in [0.05, 0.1) is 32.7 Å². The molecule has 4 rings (SSSR count). The van der Waals surface area contributed by atoms with E-state index in [2.05, 4.69) is 16.0 Å². The van der Waals surface area contributed by atoms with Crippen molar-refractivity contribution in [3.8, 4) is 17.2 Å². The molecule has 1 heterocycles. The normalized spacial score (nSPS) is 14.5. The van der Waals surface area contributed by atoms with Gasteiger partial charge in [-0.1, -0.05) is 47.6 Å². The lowest BCUT2D eigenvalue weighted by Gasteiger charge is -2.27. The number of nitrogens with one attached hydrogen (secondary N) is 3. The van der Waals surface area contributed by atoms with Crippen molar-refractivity contribution < 1.29 is 23.8 Å². The minimum absolute atomic E-state index is 0.0819. The third kappa shape index (κ3) is 6.96. The summed E-state index contributed by atoms with van der Waals surface area (Å²) in [6, 6.07) is 17.3. The molecule has 0 bridgehead atoms. The number of amidine groups is 1. The summed E-state index contributed by atoms with van der Waals surface area (Å²) in [4.78, 5) is 31.2. The van der Waals surface area contributed by atoms with Gasteiger partial charge in [0.25, 0.3) is 5.91 Å². The van der Waals surface area contributed by atoms with Crippen molar-refractivity contribution in [1.82, 2.24) is 5.32 Å². The molecule has 1 aliphatic rings. The fourth-order valence-corrected chi connectivity index (χ4v) is 5.22. The van der Waals surface area contributed by atoms with E-state index in [1.54, 1.807) is 37.3 Å². The molecule has 1 aliphatic heterocycles. The zero-order chi connectivity index (χ0) is 29.5. The van der Waals surface area contributed by atoms with Crippen molar-refractivity contribution in [3.63, 3.8) is 0 Å². The van der Waals surface area contributed by atoms with E-state index in [1.165, 1.54) is 33.1 Å². The van der Waals surface area contributed by atoms with Crippen LogP contribution in [0.1, 0.15) is 24.1 Å². The fraction of sp³-hybridized carbons (Fsp3) is 0.233. The Labute approximate surface area is 248 Å². The molecule has 214 valence electrons. The maximum absolute atomic E-state index is 13.6. The SMILES string of the molecule is COc1cc([C@@H]2N=C(SCC(=O)Nc3cccc(Cl)c3C)NC(C)=C2C(=O)Nc2ccccc2)cc(OC)c1OC. The maximum atomic E-state index is 13.6. The van der Waals surface area contributed by atoms with E-state index >= 15 is 0 Å². The molecule has 0 saturated carbocycles. The van der Waals surface area contributed by atoms with Gasteiger partial charge in [0.1, 0.15) is 6.04 Å². The van der Waals surface area contributed by atoms with Crippen molar-refractivity contribution in [2.24, 2.45) is 4.99 Å². The van der Waals surface area contributed by atoms with E-state index in [0.717, 1.165) is 5.56 Å². The van der Waals surface area contributed by atoms with Crippen molar-refractivity contribution in [2.75, 3.05) is 37.7 Å². The number of rotatable bonds is 9. The smallest absolute Gasteiger partial charge is 0.255 e. The summed E-state index contributed by atoms with van der Waals surface area (Å²) in [7, 11) is 4.58. The number of aliphatic imine (C=N–C) groups is 1. The lowest BCUT2D eigenvalue weighted by molar-refractivity contribution is -0.114. The van der Waals surface area contributed by atoms with Gasteiger partial charge in [0, 0.05) is 22.1 Å². The fourth-order valence-electron chi connectivity index (χ4n) is 4.30. The summed E-state index contributed by atoms with van der Waals surface area (Å²) in [5.74, 6) is 0.835. The van der Waals surface area contributed by atoms with Gasteiger partial charge in [-0.05, 0) is 61.4 Å². The Bertz CT molecular complexity index is 1480. The van der Waals surface area contributed by atoms with Gasteiger partial charge in [-0.3, -0.25) is 9.59 Å². The number of para-hydroxylation sites is 1. The van der Waals surface area contributed by atoms with Crippen molar-refractivity contribution >= 4 is 51.7 Å². The second-order valence-electron chi connectivity index (χ2n) is 9.03. The van der Waals surface area contributed by atoms with Crippen LogP contribution >= 0.6 is 23.4 Å². The summed E-state index contributed by atoms with van der Waals surface area (Å²) >= 11 is 7.41. The number of hydrogen-bond donors (Lipinski definition) is 3. The first kappa shape index (κ1) is 29.8. The molecule has 11 heteroatoms. The number of amides is 2. The first-order chi connectivity index (χ1) is 19.7. The average Bonchev–Trinajstić information content (AvgIpc) is 2.97. The van der Waals surface area contributed by atoms with Crippen LogP contribution in [0.2, 0.25) is 5.02 Å². The zero-order valence-corrected chi connectivity index (χ0v) is 24.9. The Kier molecular flexibility index (Phi) is 9.80. The molecule has 3 N–H and O–H groups in total. The molecule has 3 aromatic carbocycles. The average molecular weight is 595 g/mol. The number of ether oxygens (including phenoxy) is 3. The van der Waals surface area contributed by atoms with Crippen LogP contribution in [0.5, 0.6) is 17.2 Å². The molecule has 1 atom stereocenters. The first-order valence-electron chi connectivity index (χ1n) is 12.6. The number of carbonyl (C=O) groups is 2. The minimum Gasteiger partial charge on any atom is -0.493 e.